The van der Waals surface area contributed by atoms with Gasteiger partial charge in [0.1, 0.15) is 6.10 Å². The number of ether oxygens (including phenoxy) is 1. The van der Waals surface area contributed by atoms with Crippen LogP contribution in [0.1, 0.15) is 44.1 Å². The predicted octanol–water partition coefficient (Wildman–Crippen LogP) is 0.763. The molecule has 0 N–H and O–H groups in total. The summed E-state index contributed by atoms with van der Waals surface area (Å²) >= 11 is 3.42. The van der Waals surface area contributed by atoms with Crippen LogP contribution in [0.4, 0.5) is 0 Å². The molecular weight excluding hydrogens is 442 g/mol. The van der Waals surface area contributed by atoms with Crippen molar-refractivity contribution in [3.05, 3.63) is 46.5 Å². The molecule has 29 heavy (non-hydrogen) atoms. The van der Waals surface area contributed by atoms with Crippen molar-refractivity contribution in [2.24, 2.45) is 0 Å². The Morgan fingerprint density at radius 1 is 1.07 bits per heavy atom. The fourth-order valence-electron chi connectivity index (χ4n) is 3.75. The molecule has 3 rings (SSSR count). The van der Waals surface area contributed by atoms with Gasteiger partial charge in [0.2, 0.25) is 0 Å². The van der Waals surface area contributed by atoms with E-state index in [-0.39, 0.29) is 18.0 Å². The summed E-state index contributed by atoms with van der Waals surface area (Å²) in [5.74, 6) is -3.38. The van der Waals surface area contributed by atoms with Crippen LogP contribution in [0.15, 0.2) is 40.9 Å². The van der Waals surface area contributed by atoms with Gasteiger partial charge in [0.15, 0.2) is 0 Å². The lowest BCUT2D eigenvalue weighted by Gasteiger charge is -2.36. The molecule has 0 saturated carbocycles. The highest BCUT2D eigenvalue weighted by Gasteiger charge is 2.40. The summed E-state index contributed by atoms with van der Waals surface area (Å²) < 4.78 is 6.82. The highest BCUT2D eigenvalue weighted by Crippen LogP contribution is 2.36. The van der Waals surface area contributed by atoms with Gasteiger partial charge < -0.3 is 29.4 Å². The van der Waals surface area contributed by atoms with Crippen LogP contribution in [0.25, 0.3) is 0 Å². The molecule has 3 atom stereocenters. The molecule has 0 aromatic heterocycles. The van der Waals surface area contributed by atoms with Gasteiger partial charge in [0, 0.05) is 16.6 Å². The summed E-state index contributed by atoms with van der Waals surface area (Å²) in [6, 6.07) is 9.10. The Kier molecular flexibility index (Phi) is 8.40. The lowest BCUT2D eigenvalue weighted by Crippen LogP contribution is -2.43. The third-order valence-electron chi connectivity index (χ3n) is 5.42. The molecule has 2 bridgehead atoms. The van der Waals surface area contributed by atoms with Gasteiger partial charge in [-0.15, -0.1) is 0 Å². The molecule has 2 heterocycles. The normalized spacial score (nSPS) is 24.4. The molecular formula is C21H24BrNO6-2. The molecule has 2 aliphatic rings. The molecule has 2 saturated heterocycles. The second-order valence-electron chi connectivity index (χ2n) is 7.33. The first-order valence-electron chi connectivity index (χ1n) is 9.45. The number of aliphatic carboxylic acids is 2. The first kappa shape index (κ1) is 23.1. The summed E-state index contributed by atoms with van der Waals surface area (Å²) in [4.78, 5) is 33.7. The van der Waals surface area contributed by atoms with E-state index in [1.807, 2.05) is 31.2 Å². The standard InChI is InChI=1S/C17H22BrNO2.C4H4O4/c1-11(12-3-5-13(18)6-4-12)17(20)21-16-9-14-7-8-15(10-16)19(14)2;5-3(6)1-2-4(7)8/h3-6,11,14-16H,7-10H2,1-2H3;1-2H,(H,5,6)(H,7,8)/p-2/b;2-1-. The van der Waals surface area contributed by atoms with Gasteiger partial charge >= 0.3 is 5.97 Å². The Balaban J connectivity index is 0.000000321. The van der Waals surface area contributed by atoms with Crippen molar-refractivity contribution in [3.63, 3.8) is 0 Å². The van der Waals surface area contributed by atoms with Gasteiger partial charge in [0.05, 0.1) is 17.9 Å². The van der Waals surface area contributed by atoms with E-state index in [1.165, 1.54) is 12.8 Å². The van der Waals surface area contributed by atoms with Crippen molar-refractivity contribution in [2.45, 2.75) is 56.7 Å². The lowest BCUT2D eigenvalue weighted by atomic mass is 9.99. The molecule has 1 aromatic carbocycles. The number of rotatable bonds is 5. The van der Waals surface area contributed by atoms with E-state index in [0.717, 1.165) is 22.9 Å². The Hall–Kier alpha value is -2.19. The molecule has 1 aromatic rings. The van der Waals surface area contributed by atoms with Crippen LogP contribution in [0, 0.1) is 0 Å². The van der Waals surface area contributed by atoms with E-state index < -0.39 is 11.9 Å². The number of nitrogens with zero attached hydrogens (tertiary/aromatic N) is 1. The number of hydrogen-bond acceptors (Lipinski definition) is 7. The molecule has 0 aliphatic carbocycles. The third kappa shape index (κ3) is 6.97. The van der Waals surface area contributed by atoms with Crippen molar-refractivity contribution in [2.75, 3.05) is 7.05 Å². The zero-order valence-corrected chi connectivity index (χ0v) is 18.0. The molecule has 7 nitrogen and oxygen atoms in total. The van der Waals surface area contributed by atoms with Crippen molar-refractivity contribution in [1.82, 2.24) is 4.90 Å². The number of carboxylic acids is 2. The Morgan fingerprint density at radius 2 is 1.55 bits per heavy atom. The maximum atomic E-state index is 12.4. The minimum atomic E-state index is -1.55. The van der Waals surface area contributed by atoms with Crippen molar-refractivity contribution >= 4 is 33.8 Å². The molecule has 0 radical (unpaired) electrons. The quantitative estimate of drug-likeness (QED) is 0.466. The van der Waals surface area contributed by atoms with Crippen LogP contribution in [0.5, 0.6) is 0 Å². The van der Waals surface area contributed by atoms with Gasteiger partial charge in [-0.3, -0.25) is 4.79 Å². The summed E-state index contributed by atoms with van der Waals surface area (Å²) in [7, 11) is 2.20. The van der Waals surface area contributed by atoms with Gasteiger partial charge in [-0.1, -0.05) is 28.1 Å². The number of piperidine rings is 1. The average molecular weight is 466 g/mol. The minimum Gasteiger partial charge on any atom is -0.545 e. The van der Waals surface area contributed by atoms with E-state index in [9.17, 15) is 24.6 Å². The van der Waals surface area contributed by atoms with E-state index in [2.05, 4.69) is 27.9 Å². The number of carbonyl (C=O) groups excluding carboxylic acids is 3. The first-order valence-corrected chi connectivity index (χ1v) is 10.2. The smallest absolute Gasteiger partial charge is 0.313 e. The maximum absolute atomic E-state index is 12.4. The van der Waals surface area contributed by atoms with Gasteiger partial charge in [-0.25, -0.2) is 0 Å². The number of benzene rings is 1. The highest BCUT2D eigenvalue weighted by molar-refractivity contribution is 9.10. The number of esters is 1. The maximum Gasteiger partial charge on any atom is 0.313 e. The monoisotopic (exact) mass is 465 g/mol. The highest BCUT2D eigenvalue weighted by atomic mass is 79.9. The van der Waals surface area contributed by atoms with Crippen LogP contribution < -0.4 is 10.2 Å². The molecule has 0 spiro atoms. The van der Waals surface area contributed by atoms with Crippen LogP contribution in [0.2, 0.25) is 0 Å². The second-order valence-corrected chi connectivity index (χ2v) is 8.24. The number of fused-ring (bicyclic) bond motifs is 2. The predicted molar refractivity (Wildman–Crippen MR) is 105 cm³/mol. The van der Waals surface area contributed by atoms with Gasteiger partial charge in [-0.05, 0) is 69.5 Å². The summed E-state index contributed by atoms with van der Waals surface area (Å²) in [6.07, 6.45) is 5.35. The fourth-order valence-corrected chi connectivity index (χ4v) is 4.01. The number of carbonyl (C=O) groups is 3. The fraction of sp³-hybridized carbons (Fsp3) is 0.476. The number of carboxylic acid groups (broad SMARTS) is 2. The van der Waals surface area contributed by atoms with Crippen molar-refractivity contribution in [1.29, 1.82) is 0 Å². The Morgan fingerprint density at radius 3 is 2.00 bits per heavy atom. The third-order valence-corrected chi connectivity index (χ3v) is 5.95. The average Bonchev–Trinajstić information content (AvgIpc) is 2.88. The van der Waals surface area contributed by atoms with E-state index in [4.69, 9.17) is 4.74 Å². The molecule has 8 heteroatoms. The summed E-state index contributed by atoms with van der Waals surface area (Å²) in [6.45, 7) is 1.93. The van der Waals surface area contributed by atoms with Gasteiger partial charge in [-0.2, -0.15) is 0 Å². The zero-order chi connectivity index (χ0) is 21.6. The first-order chi connectivity index (χ1) is 13.7. The zero-order valence-electron chi connectivity index (χ0n) is 16.4. The summed E-state index contributed by atoms with van der Waals surface area (Å²) in [5.41, 5.74) is 1.01. The van der Waals surface area contributed by atoms with Crippen molar-refractivity contribution in [3.8, 4) is 0 Å². The molecule has 158 valence electrons. The van der Waals surface area contributed by atoms with Gasteiger partial charge in [0.25, 0.3) is 0 Å². The summed E-state index contributed by atoms with van der Waals surface area (Å²) in [5, 5.41) is 18.8. The number of halogens is 1. The topological polar surface area (TPSA) is 110 Å². The Bertz CT molecular complexity index is 733. The second kappa shape index (κ2) is 10.5. The SMILES string of the molecule is CC(C(=O)OC1CC2CCC(C1)N2C)c1ccc(Br)cc1.O=C([O-])/C=C\C(=O)[O-]. The van der Waals surface area contributed by atoms with Crippen LogP contribution in [-0.4, -0.2) is 48.0 Å². The van der Waals surface area contributed by atoms with Crippen molar-refractivity contribution < 1.29 is 29.3 Å². The largest absolute Gasteiger partial charge is 0.545 e. The molecule has 0 amide bonds. The molecule has 2 aliphatic heterocycles. The lowest BCUT2D eigenvalue weighted by molar-refractivity contribution is -0.301. The van der Waals surface area contributed by atoms with Crippen LogP contribution in [0.3, 0.4) is 0 Å². The minimum absolute atomic E-state index is 0.0914. The number of hydrogen-bond donors (Lipinski definition) is 0. The van der Waals surface area contributed by atoms with Crippen LogP contribution in [-0.2, 0) is 19.1 Å². The van der Waals surface area contributed by atoms with E-state index in [0.29, 0.717) is 24.2 Å². The van der Waals surface area contributed by atoms with Crippen LogP contribution >= 0.6 is 15.9 Å². The Labute approximate surface area is 178 Å². The molecule has 2 fully saturated rings. The molecule has 3 unspecified atom stereocenters. The van der Waals surface area contributed by atoms with E-state index >= 15 is 0 Å². The van der Waals surface area contributed by atoms with E-state index in [1.54, 1.807) is 0 Å².